The lowest BCUT2D eigenvalue weighted by molar-refractivity contribution is -0.136. The highest BCUT2D eigenvalue weighted by atomic mass is 16.5. The Kier molecular flexibility index (Phi) is 6.40. The molecule has 0 unspecified atom stereocenters. The molecule has 1 aromatic rings. The van der Waals surface area contributed by atoms with E-state index in [9.17, 15) is 9.59 Å². The third-order valence-electron chi connectivity index (χ3n) is 5.93. The van der Waals surface area contributed by atoms with Crippen LogP contribution in [0.25, 0.3) is 0 Å². The molecule has 2 amide bonds. The SMILES string of the molecule is COc1cc(C)cc(C)c1C(=O)N1CCCN(C(=O)C2CCCCC2)CC1. The van der Waals surface area contributed by atoms with Gasteiger partial charge in [0.25, 0.3) is 5.91 Å². The fraction of sp³-hybridized carbons (Fsp3) is 0.636. The summed E-state index contributed by atoms with van der Waals surface area (Å²) < 4.78 is 5.48. The van der Waals surface area contributed by atoms with Crippen molar-refractivity contribution in [1.29, 1.82) is 0 Å². The number of hydrogen-bond acceptors (Lipinski definition) is 3. The van der Waals surface area contributed by atoms with Crippen molar-refractivity contribution >= 4 is 11.8 Å². The van der Waals surface area contributed by atoms with Crippen LogP contribution in [0.2, 0.25) is 0 Å². The molecule has 1 aliphatic heterocycles. The van der Waals surface area contributed by atoms with Crippen LogP contribution in [0.3, 0.4) is 0 Å². The maximum atomic E-state index is 13.2. The fourth-order valence-electron chi connectivity index (χ4n) is 4.47. The third kappa shape index (κ3) is 4.45. The Morgan fingerprint density at radius 2 is 1.59 bits per heavy atom. The molecule has 3 rings (SSSR count). The monoisotopic (exact) mass is 372 g/mol. The van der Waals surface area contributed by atoms with E-state index in [1.165, 1.54) is 19.3 Å². The van der Waals surface area contributed by atoms with E-state index in [1.807, 2.05) is 35.8 Å². The highest BCUT2D eigenvalue weighted by Gasteiger charge is 2.29. The molecule has 0 radical (unpaired) electrons. The van der Waals surface area contributed by atoms with Gasteiger partial charge in [0.2, 0.25) is 5.91 Å². The zero-order chi connectivity index (χ0) is 19.4. The standard InChI is InChI=1S/C22H32N2O3/c1-16-14-17(2)20(19(15-16)27-3)22(26)24-11-7-10-23(12-13-24)21(25)18-8-5-4-6-9-18/h14-15,18H,4-13H2,1-3H3. The van der Waals surface area contributed by atoms with Crippen LogP contribution in [-0.2, 0) is 4.79 Å². The zero-order valence-corrected chi connectivity index (χ0v) is 16.9. The summed E-state index contributed by atoms with van der Waals surface area (Å²) in [5, 5.41) is 0. The molecular weight excluding hydrogens is 340 g/mol. The minimum absolute atomic E-state index is 0.0105. The minimum Gasteiger partial charge on any atom is -0.496 e. The summed E-state index contributed by atoms with van der Waals surface area (Å²) in [6, 6.07) is 3.93. The lowest BCUT2D eigenvalue weighted by Crippen LogP contribution is -2.40. The van der Waals surface area contributed by atoms with E-state index in [-0.39, 0.29) is 11.8 Å². The Balaban J connectivity index is 1.69. The number of carbonyl (C=O) groups is 2. The number of hydrogen-bond donors (Lipinski definition) is 0. The van der Waals surface area contributed by atoms with E-state index in [2.05, 4.69) is 0 Å². The molecule has 1 aliphatic carbocycles. The quantitative estimate of drug-likeness (QED) is 0.815. The molecule has 1 saturated heterocycles. The highest BCUT2D eigenvalue weighted by Crippen LogP contribution is 2.28. The van der Waals surface area contributed by atoms with Crippen LogP contribution in [0, 0.1) is 19.8 Å². The van der Waals surface area contributed by atoms with Crippen LogP contribution in [0.4, 0.5) is 0 Å². The number of aryl methyl sites for hydroxylation is 2. The summed E-state index contributed by atoms with van der Waals surface area (Å²) in [5.74, 6) is 1.14. The van der Waals surface area contributed by atoms with E-state index in [0.717, 1.165) is 36.9 Å². The fourth-order valence-corrected chi connectivity index (χ4v) is 4.47. The van der Waals surface area contributed by atoms with Gasteiger partial charge in [0.05, 0.1) is 12.7 Å². The predicted octanol–water partition coefficient (Wildman–Crippen LogP) is 3.57. The first kappa shape index (κ1) is 19.7. The van der Waals surface area contributed by atoms with Gasteiger partial charge < -0.3 is 14.5 Å². The van der Waals surface area contributed by atoms with Crippen molar-refractivity contribution in [2.24, 2.45) is 5.92 Å². The molecule has 5 nitrogen and oxygen atoms in total. The molecule has 27 heavy (non-hydrogen) atoms. The molecule has 2 fully saturated rings. The van der Waals surface area contributed by atoms with Crippen molar-refractivity contribution in [3.05, 3.63) is 28.8 Å². The predicted molar refractivity (Wildman–Crippen MR) is 106 cm³/mol. The second kappa shape index (κ2) is 8.77. The Bertz CT molecular complexity index is 695. The van der Waals surface area contributed by atoms with Gasteiger partial charge in [-0.05, 0) is 50.3 Å². The minimum atomic E-state index is 0.0105. The molecule has 0 atom stereocenters. The smallest absolute Gasteiger partial charge is 0.257 e. The summed E-state index contributed by atoms with van der Waals surface area (Å²) in [6.07, 6.45) is 6.47. The second-order valence-corrected chi connectivity index (χ2v) is 7.97. The number of carbonyl (C=O) groups excluding carboxylic acids is 2. The first-order valence-corrected chi connectivity index (χ1v) is 10.2. The number of rotatable bonds is 3. The normalized spacial score (nSPS) is 18.9. The summed E-state index contributed by atoms with van der Waals surface area (Å²) >= 11 is 0. The van der Waals surface area contributed by atoms with E-state index in [0.29, 0.717) is 36.9 Å². The molecule has 0 spiro atoms. The summed E-state index contributed by atoms with van der Waals surface area (Å²) in [4.78, 5) is 29.9. The van der Waals surface area contributed by atoms with E-state index in [4.69, 9.17) is 4.74 Å². The van der Waals surface area contributed by atoms with E-state index in [1.54, 1.807) is 7.11 Å². The molecule has 0 aromatic heterocycles. The first-order valence-electron chi connectivity index (χ1n) is 10.2. The molecule has 1 saturated carbocycles. The topological polar surface area (TPSA) is 49.9 Å². The average molecular weight is 373 g/mol. The van der Waals surface area contributed by atoms with Gasteiger partial charge in [-0.2, -0.15) is 0 Å². The van der Waals surface area contributed by atoms with Crippen LogP contribution in [0.15, 0.2) is 12.1 Å². The zero-order valence-electron chi connectivity index (χ0n) is 16.9. The number of amides is 2. The molecule has 1 aromatic carbocycles. The lowest BCUT2D eigenvalue weighted by Gasteiger charge is -2.28. The van der Waals surface area contributed by atoms with Crippen LogP contribution in [-0.4, -0.2) is 54.9 Å². The van der Waals surface area contributed by atoms with Crippen LogP contribution >= 0.6 is 0 Å². The van der Waals surface area contributed by atoms with Crippen LogP contribution < -0.4 is 4.74 Å². The molecule has 5 heteroatoms. The summed E-state index contributed by atoms with van der Waals surface area (Å²) in [7, 11) is 1.61. The van der Waals surface area contributed by atoms with Crippen LogP contribution in [0.5, 0.6) is 5.75 Å². The van der Waals surface area contributed by atoms with Gasteiger partial charge in [-0.15, -0.1) is 0 Å². The molecule has 1 heterocycles. The van der Waals surface area contributed by atoms with Crippen molar-refractivity contribution < 1.29 is 14.3 Å². The maximum Gasteiger partial charge on any atom is 0.257 e. The summed E-state index contributed by atoms with van der Waals surface area (Å²) in [6.45, 7) is 6.62. The van der Waals surface area contributed by atoms with Gasteiger partial charge in [0.1, 0.15) is 5.75 Å². The molecule has 148 valence electrons. The Hall–Kier alpha value is -2.04. The van der Waals surface area contributed by atoms with E-state index >= 15 is 0 Å². The van der Waals surface area contributed by atoms with Gasteiger partial charge in [0, 0.05) is 32.1 Å². The number of nitrogens with zero attached hydrogens (tertiary/aromatic N) is 2. The number of benzene rings is 1. The van der Waals surface area contributed by atoms with E-state index < -0.39 is 0 Å². The lowest BCUT2D eigenvalue weighted by atomic mass is 9.88. The van der Waals surface area contributed by atoms with Gasteiger partial charge in [-0.3, -0.25) is 9.59 Å². The molecule has 0 bridgehead atoms. The van der Waals surface area contributed by atoms with Crippen LogP contribution in [0.1, 0.15) is 60.0 Å². The Labute approximate surface area is 162 Å². The van der Waals surface area contributed by atoms with Gasteiger partial charge in [0.15, 0.2) is 0 Å². The maximum absolute atomic E-state index is 13.2. The second-order valence-electron chi connectivity index (χ2n) is 7.97. The van der Waals surface area contributed by atoms with Crippen molar-refractivity contribution in [3.63, 3.8) is 0 Å². The van der Waals surface area contributed by atoms with Crippen molar-refractivity contribution in [3.8, 4) is 5.75 Å². The highest BCUT2D eigenvalue weighted by molar-refractivity contribution is 5.98. The largest absolute Gasteiger partial charge is 0.496 e. The number of ether oxygens (including phenoxy) is 1. The summed E-state index contributed by atoms with van der Waals surface area (Å²) in [5.41, 5.74) is 2.67. The van der Waals surface area contributed by atoms with Crippen molar-refractivity contribution in [2.45, 2.75) is 52.4 Å². The van der Waals surface area contributed by atoms with Gasteiger partial charge in [-0.1, -0.05) is 25.3 Å². The third-order valence-corrected chi connectivity index (χ3v) is 5.93. The molecule has 2 aliphatic rings. The molecule has 0 N–H and O–H groups in total. The Morgan fingerprint density at radius 3 is 2.30 bits per heavy atom. The van der Waals surface area contributed by atoms with Gasteiger partial charge in [-0.25, -0.2) is 0 Å². The first-order chi connectivity index (χ1) is 13.0. The van der Waals surface area contributed by atoms with Crippen molar-refractivity contribution in [2.75, 3.05) is 33.3 Å². The molecular formula is C22H32N2O3. The number of methoxy groups -OCH3 is 1. The Morgan fingerprint density at radius 1 is 0.926 bits per heavy atom. The van der Waals surface area contributed by atoms with Gasteiger partial charge >= 0.3 is 0 Å². The van der Waals surface area contributed by atoms with Crippen molar-refractivity contribution in [1.82, 2.24) is 9.80 Å². The average Bonchev–Trinajstić information content (AvgIpc) is 2.93.